The van der Waals surface area contributed by atoms with Gasteiger partial charge in [-0.15, -0.1) is 0 Å². The number of rotatable bonds is 4. The van der Waals surface area contributed by atoms with Gasteiger partial charge in [0.2, 0.25) is 11.8 Å². The molecule has 38 heavy (non-hydrogen) atoms. The smallest absolute Gasteiger partial charge is 0.266 e. The van der Waals surface area contributed by atoms with Gasteiger partial charge in [0.1, 0.15) is 17.7 Å². The van der Waals surface area contributed by atoms with Crippen LogP contribution in [0.4, 0.5) is 14.5 Å². The molecule has 2 amide bonds. The van der Waals surface area contributed by atoms with Crippen molar-refractivity contribution in [3.63, 3.8) is 0 Å². The molecule has 196 valence electrons. The summed E-state index contributed by atoms with van der Waals surface area (Å²) in [6.45, 7) is 1.76. The van der Waals surface area contributed by atoms with Crippen molar-refractivity contribution in [2.45, 2.75) is 37.8 Å². The first kappa shape index (κ1) is 25.0. The maximum atomic E-state index is 16.5. The maximum absolute atomic E-state index is 16.5. The quantitative estimate of drug-likeness (QED) is 0.353. The number of amides is 2. The number of fused-ring (bicyclic) bond motifs is 3. The predicted octanol–water partition coefficient (Wildman–Crippen LogP) is 3.12. The van der Waals surface area contributed by atoms with E-state index in [4.69, 9.17) is 28.9 Å². The lowest BCUT2D eigenvalue weighted by molar-refractivity contribution is -0.130. The van der Waals surface area contributed by atoms with Gasteiger partial charge in [0, 0.05) is 25.1 Å². The number of likely N-dealkylation sites (tertiary alicyclic amines) is 1. The summed E-state index contributed by atoms with van der Waals surface area (Å²) in [4.78, 5) is 43.0. The van der Waals surface area contributed by atoms with Gasteiger partial charge in [0.05, 0.1) is 39.5 Å². The van der Waals surface area contributed by atoms with E-state index in [9.17, 15) is 14.4 Å². The standard InChI is InChI=1S/C26H21Cl2F2N5O3/c1-2-3-19(37)33-7-6-26(11-33)20-21(28)16(27)5-4-14-23(20)35(26,24(14)30)13-8-15-22(17(29)9-13)32-12-34(25(15)38)10-18(31)36/h2-5,8-9,12,23-24H,6-7,10-11H2,1H3,(H-,31,36)/p+1/b3-2+/t23?,24?,26-,35?/m0/s1. The Bertz CT molecular complexity index is 1650. The van der Waals surface area contributed by atoms with Crippen molar-refractivity contribution < 1.29 is 18.4 Å². The summed E-state index contributed by atoms with van der Waals surface area (Å²) in [6.07, 6.45) is 6.02. The van der Waals surface area contributed by atoms with E-state index in [1.807, 2.05) is 0 Å². The highest BCUT2D eigenvalue weighted by Gasteiger charge is 2.85. The van der Waals surface area contributed by atoms with Crippen LogP contribution in [0.25, 0.3) is 10.9 Å². The van der Waals surface area contributed by atoms with Crippen LogP contribution < -0.4 is 15.8 Å². The van der Waals surface area contributed by atoms with Gasteiger partial charge in [-0.25, -0.2) is 13.9 Å². The molecular weight excluding hydrogens is 539 g/mol. The van der Waals surface area contributed by atoms with Crippen LogP contribution in [-0.2, 0) is 16.1 Å². The summed E-state index contributed by atoms with van der Waals surface area (Å²) in [5, 5.41) is 0.439. The van der Waals surface area contributed by atoms with Crippen molar-refractivity contribution in [2.75, 3.05) is 13.1 Å². The molecule has 6 rings (SSSR count). The number of allylic oxidation sites excluding steroid dienone is 5. The molecule has 3 aliphatic heterocycles. The first-order valence-corrected chi connectivity index (χ1v) is 12.7. The van der Waals surface area contributed by atoms with Crippen LogP contribution in [0.2, 0.25) is 0 Å². The first-order chi connectivity index (χ1) is 18.1. The van der Waals surface area contributed by atoms with E-state index >= 15 is 8.78 Å². The van der Waals surface area contributed by atoms with Gasteiger partial charge >= 0.3 is 0 Å². The zero-order valence-corrected chi connectivity index (χ0v) is 21.6. The minimum absolute atomic E-state index is 0.107. The second-order valence-corrected chi connectivity index (χ2v) is 10.7. The number of benzene rings is 1. The summed E-state index contributed by atoms with van der Waals surface area (Å²) >= 11 is 13.2. The number of primary amides is 1. The van der Waals surface area contributed by atoms with Gasteiger partial charge in [-0.05, 0) is 25.2 Å². The number of nitrogens with zero attached hydrogens (tertiary/aromatic N) is 4. The number of aromatic nitrogens is 2. The molecule has 12 heteroatoms. The number of nitrogens with two attached hydrogens (primary N) is 1. The first-order valence-electron chi connectivity index (χ1n) is 12.0. The SMILES string of the molecule is C/C=C/C(=O)N1CC[C@]2(C1)C1=C(Cl)C(Cl)=CC=C3C(F)[N+]2(c2cc(F)c4ncn(CC(N)=O)c(=O)c4c2)C31. The monoisotopic (exact) mass is 560 g/mol. The maximum Gasteiger partial charge on any atom is 0.266 e. The molecule has 3 fully saturated rings. The Morgan fingerprint density at radius 2 is 2.08 bits per heavy atom. The van der Waals surface area contributed by atoms with Crippen molar-refractivity contribution in [1.29, 1.82) is 0 Å². The lowest BCUT2D eigenvalue weighted by Crippen LogP contribution is -2.93. The third kappa shape index (κ3) is 2.93. The lowest BCUT2D eigenvalue weighted by Gasteiger charge is -2.73. The van der Waals surface area contributed by atoms with Crippen molar-refractivity contribution in [2.24, 2.45) is 5.73 Å². The van der Waals surface area contributed by atoms with E-state index in [1.165, 1.54) is 18.2 Å². The van der Waals surface area contributed by atoms with Crippen LogP contribution in [0.1, 0.15) is 13.3 Å². The number of hydrogen-bond acceptors (Lipinski definition) is 4. The average Bonchev–Trinajstić information content (AvgIpc) is 3.30. The highest BCUT2D eigenvalue weighted by atomic mass is 35.5. The van der Waals surface area contributed by atoms with E-state index in [-0.39, 0.29) is 43.6 Å². The number of carbonyl (C=O) groups excluding carboxylic acids is 2. The molecule has 1 aliphatic carbocycles. The van der Waals surface area contributed by atoms with Gasteiger partial charge in [0.15, 0.2) is 17.4 Å². The number of halogens is 4. The van der Waals surface area contributed by atoms with Crippen molar-refractivity contribution in [3.8, 4) is 0 Å². The molecule has 8 nitrogen and oxygen atoms in total. The minimum atomic E-state index is -1.59. The van der Waals surface area contributed by atoms with Crippen molar-refractivity contribution in [1.82, 2.24) is 18.9 Å². The largest absolute Gasteiger partial charge is 0.368 e. The van der Waals surface area contributed by atoms with Crippen LogP contribution in [0.5, 0.6) is 0 Å². The Hall–Kier alpha value is -3.34. The van der Waals surface area contributed by atoms with Gasteiger partial charge in [-0.3, -0.25) is 19.0 Å². The molecular formula is C26H22Cl2F2N5O3+. The van der Waals surface area contributed by atoms with Crippen LogP contribution in [0.3, 0.4) is 0 Å². The molecule has 2 aromatic rings. The topological polar surface area (TPSA) is 98.3 Å². The fourth-order valence-corrected chi connectivity index (χ4v) is 7.23. The molecule has 4 heterocycles. The lowest BCUT2D eigenvalue weighted by atomic mass is 9.59. The van der Waals surface area contributed by atoms with E-state index in [0.717, 1.165) is 10.9 Å². The van der Waals surface area contributed by atoms with E-state index in [2.05, 4.69) is 4.98 Å². The molecule has 1 aromatic carbocycles. The molecule has 1 aromatic heterocycles. The van der Waals surface area contributed by atoms with Crippen LogP contribution in [0, 0.1) is 5.82 Å². The Kier molecular flexibility index (Phi) is 5.47. The fraction of sp³-hybridized carbons (Fsp3) is 0.308. The highest BCUT2D eigenvalue weighted by molar-refractivity contribution is 6.44. The van der Waals surface area contributed by atoms with Crippen molar-refractivity contribution in [3.05, 3.63) is 80.1 Å². The van der Waals surface area contributed by atoms with Gasteiger partial charge in [-0.2, -0.15) is 4.39 Å². The number of quaternary nitrogens is 1. The van der Waals surface area contributed by atoms with Gasteiger partial charge < -0.3 is 10.6 Å². The van der Waals surface area contributed by atoms with E-state index in [1.54, 1.807) is 30.1 Å². The zero-order valence-electron chi connectivity index (χ0n) is 20.1. The summed E-state index contributed by atoms with van der Waals surface area (Å²) in [6, 6.07) is 2.06. The molecule has 0 bridgehead atoms. The summed E-state index contributed by atoms with van der Waals surface area (Å²) < 4.78 is 32.6. The molecule has 4 aliphatic rings. The van der Waals surface area contributed by atoms with Crippen molar-refractivity contribution >= 4 is 51.6 Å². The third-order valence-electron chi connectivity index (χ3n) is 8.19. The molecule has 3 unspecified atom stereocenters. The molecule has 0 saturated carbocycles. The summed E-state index contributed by atoms with van der Waals surface area (Å²) in [5.41, 5.74) is 4.70. The zero-order chi connectivity index (χ0) is 27.1. The normalized spacial score (nSPS) is 29.7. The number of piperidine rings is 1. The second-order valence-electron chi connectivity index (χ2n) is 9.93. The van der Waals surface area contributed by atoms with E-state index < -0.39 is 41.7 Å². The van der Waals surface area contributed by atoms with Crippen LogP contribution >= 0.6 is 23.2 Å². The molecule has 1 spiro atoms. The molecule has 3 saturated heterocycles. The number of alkyl halides is 1. The Balaban J connectivity index is 1.59. The molecule has 4 atom stereocenters. The minimum Gasteiger partial charge on any atom is -0.368 e. The highest BCUT2D eigenvalue weighted by Crippen LogP contribution is 2.69. The Labute approximate surface area is 225 Å². The number of hydrogen-bond donors (Lipinski definition) is 1. The van der Waals surface area contributed by atoms with Gasteiger partial charge in [-0.1, -0.05) is 29.3 Å². The predicted molar refractivity (Wildman–Crippen MR) is 139 cm³/mol. The Morgan fingerprint density at radius 3 is 2.79 bits per heavy atom. The second kappa shape index (κ2) is 8.33. The molecule has 0 radical (unpaired) electrons. The Morgan fingerprint density at radius 1 is 1.32 bits per heavy atom. The summed E-state index contributed by atoms with van der Waals surface area (Å²) in [5.74, 6) is -1.80. The van der Waals surface area contributed by atoms with Crippen LogP contribution in [0.15, 0.2) is 68.8 Å². The average molecular weight is 561 g/mol. The van der Waals surface area contributed by atoms with Gasteiger partial charge in [0.25, 0.3) is 11.9 Å². The fourth-order valence-electron chi connectivity index (χ4n) is 6.72. The summed E-state index contributed by atoms with van der Waals surface area (Å²) in [7, 11) is 0. The van der Waals surface area contributed by atoms with E-state index in [0.29, 0.717) is 24.1 Å². The van der Waals surface area contributed by atoms with Crippen LogP contribution in [-0.4, -0.2) is 57.2 Å². The third-order valence-corrected chi connectivity index (χ3v) is 9.01. The number of carbonyl (C=O) groups is 2. The molecule has 2 N–H and O–H groups in total.